The molecule has 1 aromatic carbocycles. The van der Waals surface area contributed by atoms with Gasteiger partial charge in [-0.3, -0.25) is 14.5 Å². The third-order valence-corrected chi connectivity index (χ3v) is 10.0. The summed E-state index contributed by atoms with van der Waals surface area (Å²) in [5.74, 6) is 1.51. The van der Waals surface area contributed by atoms with Gasteiger partial charge in [-0.2, -0.15) is 0 Å². The number of rotatable bonds is 8. The molecule has 0 spiro atoms. The van der Waals surface area contributed by atoms with Crippen LogP contribution >= 0.6 is 0 Å². The highest BCUT2D eigenvalue weighted by Crippen LogP contribution is 2.47. The molecule has 40 heavy (non-hydrogen) atoms. The third kappa shape index (κ3) is 5.44. The van der Waals surface area contributed by atoms with E-state index >= 15 is 0 Å². The molecule has 2 aliphatic heterocycles. The highest BCUT2D eigenvalue weighted by Gasteiger charge is 2.45. The second-order valence-electron chi connectivity index (χ2n) is 12.5. The summed E-state index contributed by atoms with van der Waals surface area (Å²) in [6.45, 7) is 2.10. The van der Waals surface area contributed by atoms with Crippen molar-refractivity contribution < 1.29 is 14.4 Å². The number of oxime groups is 1. The lowest BCUT2D eigenvalue weighted by atomic mass is 9.68. The van der Waals surface area contributed by atoms with Gasteiger partial charge in [0.25, 0.3) is 5.56 Å². The zero-order chi connectivity index (χ0) is 27.6. The van der Waals surface area contributed by atoms with Crippen LogP contribution in [0.1, 0.15) is 102 Å². The van der Waals surface area contributed by atoms with Crippen molar-refractivity contribution in [2.24, 2.45) is 17.0 Å². The normalized spacial score (nSPS) is 30.7. The topological polar surface area (TPSA) is 86.0 Å². The standard InChI is InChI=1S/C32H44N4O4/c1-3-40-30(37)15-14-28(34-39-2)31-32(38)36(29-13-5-4-12-27(29)33-31)26-19-23-10-7-11-24(20-26)35(23)25-17-21-8-6-9-22(16-21)18-25/h4-5,12-13,21-26H,3,6-11,14-20H2,1-2H3/t21?,22?,23-,24+,25?,26+. The van der Waals surface area contributed by atoms with Gasteiger partial charge in [-0.25, -0.2) is 4.98 Å². The quantitative estimate of drug-likeness (QED) is 0.242. The van der Waals surface area contributed by atoms with Gasteiger partial charge in [0.1, 0.15) is 12.8 Å². The molecular formula is C32H44N4O4. The Kier molecular flexibility index (Phi) is 8.24. The van der Waals surface area contributed by atoms with Crippen LogP contribution in [0.3, 0.4) is 0 Å². The van der Waals surface area contributed by atoms with E-state index in [0.29, 0.717) is 30.4 Å². The third-order valence-electron chi connectivity index (χ3n) is 10.0. The first-order chi connectivity index (χ1) is 19.6. The summed E-state index contributed by atoms with van der Waals surface area (Å²) in [6.07, 6.45) is 14.5. The Labute approximate surface area is 237 Å². The predicted octanol–water partition coefficient (Wildman–Crippen LogP) is 5.62. The molecule has 2 saturated heterocycles. The summed E-state index contributed by atoms with van der Waals surface area (Å²) in [5, 5.41) is 4.16. The molecule has 2 unspecified atom stereocenters. The van der Waals surface area contributed by atoms with Gasteiger partial charge in [-0.05, 0) is 75.8 Å². The number of hydrogen-bond acceptors (Lipinski definition) is 7. The Morgan fingerprint density at radius 2 is 1.62 bits per heavy atom. The Morgan fingerprint density at radius 3 is 2.33 bits per heavy atom. The minimum Gasteiger partial charge on any atom is -0.466 e. The lowest BCUT2D eigenvalue weighted by Gasteiger charge is -2.55. The Hall–Kier alpha value is -2.74. The van der Waals surface area contributed by atoms with Gasteiger partial charge in [0.15, 0.2) is 5.69 Å². The molecule has 4 bridgehead atoms. The maximum Gasteiger partial charge on any atom is 0.306 e. The number of aromatic nitrogens is 2. The zero-order valence-electron chi connectivity index (χ0n) is 24.1. The smallest absolute Gasteiger partial charge is 0.306 e. The lowest BCUT2D eigenvalue weighted by molar-refractivity contribution is -0.142. The maximum atomic E-state index is 14.2. The number of ether oxygens (including phenoxy) is 1. The molecule has 5 atom stereocenters. The van der Waals surface area contributed by atoms with Gasteiger partial charge in [0.2, 0.25) is 0 Å². The maximum absolute atomic E-state index is 14.2. The summed E-state index contributed by atoms with van der Waals surface area (Å²) in [5.41, 5.74) is 2.18. The first kappa shape index (κ1) is 27.4. The molecule has 0 radical (unpaired) electrons. The summed E-state index contributed by atoms with van der Waals surface area (Å²) in [6, 6.07) is 9.80. The summed E-state index contributed by atoms with van der Waals surface area (Å²) < 4.78 is 7.11. The van der Waals surface area contributed by atoms with Crippen molar-refractivity contribution in [2.45, 2.75) is 115 Å². The average molecular weight is 549 g/mol. The monoisotopic (exact) mass is 548 g/mol. The SMILES string of the molecule is CCOC(=O)CCC(=NOC)c1nc2ccccc2n([C@H]2C[C@H]3CCC[C@@H](C2)N3C2CC3CCCC(C3)C2)c1=O. The van der Waals surface area contributed by atoms with E-state index in [9.17, 15) is 9.59 Å². The Morgan fingerprint density at radius 1 is 0.925 bits per heavy atom. The second kappa shape index (κ2) is 12.0. The first-order valence-corrected chi connectivity index (χ1v) is 15.6. The molecule has 4 aliphatic rings. The molecule has 6 rings (SSSR count). The fourth-order valence-corrected chi connectivity index (χ4v) is 8.61. The number of benzene rings is 1. The number of fused-ring (bicyclic) bond motifs is 5. The van der Waals surface area contributed by atoms with E-state index in [4.69, 9.17) is 14.6 Å². The van der Waals surface area contributed by atoms with Crippen molar-refractivity contribution in [3.8, 4) is 0 Å². The fourth-order valence-electron chi connectivity index (χ4n) is 8.61. The van der Waals surface area contributed by atoms with E-state index in [0.717, 1.165) is 35.7 Å². The average Bonchev–Trinajstić information content (AvgIpc) is 2.94. The van der Waals surface area contributed by atoms with Crippen LogP contribution in [0.2, 0.25) is 0 Å². The van der Waals surface area contributed by atoms with Crippen molar-refractivity contribution in [3.63, 3.8) is 0 Å². The van der Waals surface area contributed by atoms with E-state index in [2.05, 4.69) is 10.1 Å². The molecule has 2 aromatic rings. The molecule has 4 fully saturated rings. The fraction of sp³-hybridized carbons (Fsp3) is 0.688. The zero-order valence-corrected chi connectivity index (χ0v) is 24.1. The molecule has 8 nitrogen and oxygen atoms in total. The van der Waals surface area contributed by atoms with Crippen LogP contribution in [0.25, 0.3) is 11.0 Å². The van der Waals surface area contributed by atoms with Gasteiger partial charge in [0.05, 0.1) is 24.1 Å². The highest BCUT2D eigenvalue weighted by atomic mass is 16.6. The number of esters is 1. The van der Waals surface area contributed by atoms with Gasteiger partial charge in [0, 0.05) is 30.6 Å². The van der Waals surface area contributed by atoms with Crippen LogP contribution in [0.5, 0.6) is 0 Å². The minimum atomic E-state index is -0.320. The van der Waals surface area contributed by atoms with Gasteiger partial charge >= 0.3 is 5.97 Å². The molecule has 2 aliphatic carbocycles. The van der Waals surface area contributed by atoms with Crippen molar-refractivity contribution in [1.29, 1.82) is 0 Å². The molecule has 8 heteroatoms. The van der Waals surface area contributed by atoms with Crippen molar-refractivity contribution in [3.05, 3.63) is 40.3 Å². The van der Waals surface area contributed by atoms with Crippen LogP contribution < -0.4 is 5.56 Å². The molecule has 2 saturated carbocycles. The number of para-hydroxylation sites is 2. The molecule has 1 aromatic heterocycles. The number of hydrogen-bond donors (Lipinski definition) is 0. The minimum absolute atomic E-state index is 0.114. The summed E-state index contributed by atoms with van der Waals surface area (Å²) in [7, 11) is 1.46. The predicted molar refractivity (Wildman–Crippen MR) is 155 cm³/mol. The molecule has 0 amide bonds. The van der Waals surface area contributed by atoms with E-state index in [1.807, 2.05) is 28.8 Å². The van der Waals surface area contributed by atoms with Crippen LogP contribution in [-0.2, 0) is 14.4 Å². The van der Waals surface area contributed by atoms with E-state index in [1.54, 1.807) is 6.92 Å². The van der Waals surface area contributed by atoms with Crippen LogP contribution in [-0.4, -0.2) is 58.0 Å². The molecular weight excluding hydrogens is 504 g/mol. The first-order valence-electron chi connectivity index (χ1n) is 15.6. The largest absolute Gasteiger partial charge is 0.466 e. The number of nitrogens with zero attached hydrogens (tertiary/aromatic N) is 4. The van der Waals surface area contributed by atoms with E-state index in [-0.39, 0.29) is 36.1 Å². The number of piperidine rings is 2. The number of carbonyl (C=O) groups is 1. The number of carbonyl (C=O) groups excluding carboxylic acids is 1. The van der Waals surface area contributed by atoms with Crippen LogP contribution in [0.4, 0.5) is 0 Å². The van der Waals surface area contributed by atoms with Crippen molar-refractivity contribution in [2.75, 3.05) is 13.7 Å². The van der Waals surface area contributed by atoms with Crippen LogP contribution in [0, 0.1) is 11.8 Å². The van der Waals surface area contributed by atoms with Crippen LogP contribution in [0.15, 0.2) is 34.2 Å². The van der Waals surface area contributed by atoms with Gasteiger partial charge < -0.3 is 14.1 Å². The van der Waals surface area contributed by atoms with Crippen molar-refractivity contribution >= 4 is 22.7 Å². The second-order valence-corrected chi connectivity index (χ2v) is 12.5. The molecule has 0 N–H and O–H groups in total. The van der Waals surface area contributed by atoms with E-state index in [1.165, 1.54) is 64.9 Å². The van der Waals surface area contributed by atoms with Gasteiger partial charge in [-0.15, -0.1) is 0 Å². The Bertz CT molecular complexity index is 1280. The summed E-state index contributed by atoms with van der Waals surface area (Å²) >= 11 is 0. The van der Waals surface area contributed by atoms with E-state index < -0.39 is 0 Å². The lowest BCUT2D eigenvalue weighted by Crippen LogP contribution is -2.58. The van der Waals surface area contributed by atoms with Gasteiger partial charge in [-0.1, -0.05) is 43.0 Å². The van der Waals surface area contributed by atoms with Crippen molar-refractivity contribution in [1.82, 2.24) is 14.5 Å². The molecule has 216 valence electrons. The highest BCUT2D eigenvalue weighted by molar-refractivity contribution is 6.00. The Balaban J connectivity index is 1.32. The summed E-state index contributed by atoms with van der Waals surface area (Å²) in [4.78, 5) is 39.1. The molecule has 3 heterocycles.